The molecule has 0 heterocycles. The highest BCUT2D eigenvalue weighted by Gasteiger charge is 2.12. The van der Waals surface area contributed by atoms with Gasteiger partial charge in [0.2, 0.25) is 0 Å². The van der Waals surface area contributed by atoms with Crippen molar-refractivity contribution in [3.63, 3.8) is 0 Å². The number of benzene rings is 1. The first-order valence-electron chi connectivity index (χ1n) is 6.20. The minimum atomic E-state index is -0.462. The number of rotatable bonds is 7. The molecule has 0 aliphatic rings. The molecule has 2 atom stereocenters. The maximum atomic E-state index is 10.7. The smallest absolute Gasteiger partial charge is 0.269 e. The summed E-state index contributed by atoms with van der Waals surface area (Å²) in [5.41, 5.74) is 0.922. The molecule has 0 bridgehead atoms. The summed E-state index contributed by atoms with van der Waals surface area (Å²) < 4.78 is 0. The van der Waals surface area contributed by atoms with Crippen LogP contribution >= 0.6 is 0 Å². The molecule has 1 aromatic carbocycles. The lowest BCUT2D eigenvalue weighted by atomic mass is 10.1. The predicted molar refractivity (Wildman–Crippen MR) is 74.1 cm³/mol. The molecule has 0 radical (unpaired) electrons. The molecule has 0 aromatic heterocycles. The molecule has 1 rings (SSSR count). The molecule has 6 nitrogen and oxygen atoms in total. The molecule has 106 valence electrons. The van der Waals surface area contributed by atoms with Gasteiger partial charge in [0, 0.05) is 31.3 Å². The van der Waals surface area contributed by atoms with E-state index in [-0.39, 0.29) is 11.7 Å². The zero-order valence-electron chi connectivity index (χ0n) is 11.5. The molecule has 0 fully saturated rings. The number of likely N-dealkylation sites (N-methyl/N-ethyl adjacent to an activating group) is 1. The lowest BCUT2D eigenvalue weighted by Gasteiger charge is -2.19. The van der Waals surface area contributed by atoms with Crippen LogP contribution in [-0.2, 0) is 0 Å². The first-order valence-corrected chi connectivity index (χ1v) is 6.20. The Balaban J connectivity index is 2.56. The Morgan fingerprint density at radius 3 is 2.74 bits per heavy atom. The first kappa shape index (κ1) is 15.6. The van der Waals surface area contributed by atoms with E-state index >= 15 is 0 Å². The van der Waals surface area contributed by atoms with Crippen LogP contribution in [0.2, 0.25) is 0 Å². The van der Waals surface area contributed by atoms with Crippen molar-refractivity contribution in [2.45, 2.75) is 19.1 Å². The number of nitrogens with zero attached hydrogens (tertiary/aromatic N) is 2. The van der Waals surface area contributed by atoms with Crippen LogP contribution in [0.4, 0.5) is 5.69 Å². The van der Waals surface area contributed by atoms with Gasteiger partial charge in [0.25, 0.3) is 5.69 Å². The molecule has 0 spiro atoms. The zero-order chi connectivity index (χ0) is 14.4. The van der Waals surface area contributed by atoms with Gasteiger partial charge in [0.15, 0.2) is 0 Å². The second-order valence-electron chi connectivity index (χ2n) is 4.90. The SMILES string of the molecule is CC(NCC(O)CN(C)C)c1cccc([N+](=O)[O-])c1. The first-order chi connectivity index (χ1) is 8.90. The van der Waals surface area contributed by atoms with Crippen molar-refractivity contribution >= 4 is 5.69 Å². The van der Waals surface area contributed by atoms with Gasteiger partial charge in [-0.25, -0.2) is 0 Å². The minimum absolute atomic E-state index is 0.0447. The van der Waals surface area contributed by atoms with Gasteiger partial charge in [0.1, 0.15) is 0 Å². The third-order valence-electron chi connectivity index (χ3n) is 2.82. The molecule has 19 heavy (non-hydrogen) atoms. The fourth-order valence-electron chi connectivity index (χ4n) is 1.82. The van der Waals surface area contributed by atoms with Crippen LogP contribution in [0.1, 0.15) is 18.5 Å². The van der Waals surface area contributed by atoms with Crippen LogP contribution in [0.5, 0.6) is 0 Å². The number of nitro benzene ring substituents is 1. The Morgan fingerprint density at radius 2 is 2.16 bits per heavy atom. The van der Waals surface area contributed by atoms with Gasteiger partial charge in [-0.05, 0) is 26.6 Å². The van der Waals surface area contributed by atoms with E-state index < -0.39 is 11.0 Å². The van der Waals surface area contributed by atoms with Crippen molar-refractivity contribution in [1.82, 2.24) is 10.2 Å². The Hall–Kier alpha value is -1.50. The summed E-state index contributed by atoms with van der Waals surface area (Å²) in [6.45, 7) is 2.94. The Bertz CT molecular complexity index is 423. The Labute approximate surface area is 113 Å². The number of hydrogen-bond donors (Lipinski definition) is 2. The minimum Gasteiger partial charge on any atom is -0.390 e. The summed E-state index contributed by atoms with van der Waals surface area (Å²) in [7, 11) is 3.79. The zero-order valence-corrected chi connectivity index (χ0v) is 11.5. The van der Waals surface area contributed by atoms with E-state index in [1.165, 1.54) is 6.07 Å². The van der Waals surface area contributed by atoms with E-state index in [0.717, 1.165) is 5.56 Å². The molecule has 6 heteroatoms. The van der Waals surface area contributed by atoms with E-state index in [4.69, 9.17) is 0 Å². The van der Waals surface area contributed by atoms with Crippen molar-refractivity contribution in [2.24, 2.45) is 0 Å². The molecule has 0 saturated heterocycles. The number of nitro groups is 1. The average molecular weight is 267 g/mol. The number of aliphatic hydroxyl groups excluding tert-OH is 1. The molecule has 0 saturated carbocycles. The fourth-order valence-corrected chi connectivity index (χ4v) is 1.82. The molecule has 0 aliphatic carbocycles. The Kier molecular flexibility index (Phi) is 5.88. The Morgan fingerprint density at radius 1 is 1.47 bits per heavy atom. The third-order valence-corrected chi connectivity index (χ3v) is 2.82. The third kappa shape index (κ3) is 5.34. The summed E-state index contributed by atoms with van der Waals surface area (Å²) in [5.74, 6) is 0. The highest BCUT2D eigenvalue weighted by atomic mass is 16.6. The van der Waals surface area contributed by atoms with Gasteiger partial charge in [0.05, 0.1) is 11.0 Å². The van der Waals surface area contributed by atoms with Crippen molar-refractivity contribution in [3.8, 4) is 0 Å². The van der Waals surface area contributed by atoms with Crippen LogP contribution < -0.4 is 5.32 Å². The molecular formula is C13H21N3O3. The van der Waals surface area contributed by atoms with Crippen LogP contribution in [0.25, 0.3) is 0 Å². The monoisotopic (exact) mass is 267 g/mol. The highest BCUT2D eigenvalue weighted by Crippen LogP contribution is 2.18. The molecule has 2 N–H and O–H groups in total. The summed E-state index contributed by atoms with van der Waals surface area (Å²) in [5, 5.41) is 23.6. The molecule has 1 aromatic rings. The van der Waals surface area contributed by atoms with E-state index in [9.17, 15) is 15.2 Å². The van der Waals surface area contributed by atoms with Gasteiger partial charge >= 0.3 is 0 Å². The number of non-ortho nitro benzene ring substituents is 1. The summed E-state index contributed by atoms with van der Waals surface area (Å²) in [6.07, 6.45) is -0.462. The van der Waals surface area contributed by atoms with Crippen LogP contribution in [0, 0.1) is 10.1 Å². The van der Waals surface area contributed by atoms with Crippen molar-refractivity contribution in [2.75, 3.05) is 27.2 Å². The van der Waals surface area contributed by atoms with Gasteiger partial charge < -0.3 is 15.3 Å². The van der Waals surface area contributed by atoms with E-state index in [2.05, 4.69) is 5.32 Å². The second kappa shape index (κ2) is 7.18. The lowest BCUT2D eigenvalue weighted by molar-refractivity contribution is -0.384. The van der Waals surface area contributed by atoms with Crippen molar-refractivity contribution in [1.29, 1.82) is 0 Å². The van der Waals surface area contributed by atoms with E-state index in [1.54, 1.807) is 12.1 Å². The van der Waals surface area contributed by atoms with Crippen molar-refractivity contribution < 1.29 is 10.0 Å². The van der Waals surface area contributed by atoms with Gasteiger partial charge in [-0.2, -0.15) is 0 Å². The summed E-state index contributed by atoms with van der Waals surface area (Å²) >= 11 is 0. The van der Waals surface area contributed by atoms with E-state index in [1.807, 2.05) is 32.0 Å². The van der Waals surface area contributed by atoms with E-state index in [0.29, 0.717) is 13.1 Å². The molecule has 0 aliphatic heterocycles. The van der Waals surface area contributed by atoms with Gasteiger partial charge in [-0.1, -0.05) is 12.1 Å². The van der Waals surface area contributed by atoms with Crippen LogP contribution in [0.3, 0.4) is 0 Å². The number of nitrogens with one attached hydrogen (secondary N) is 1. The summed E-state index contributed by atoms with van der Waals surface area (Å²) in [6, 6.07) is 6.48. The van der Waals surface area contributed by atoms with Gasteiger partial charge in [-0.3, -0.25) is 10.1 Å². The molecular weight excluding hydrogens is 246 g/mol. The highest BCUT2D eigenvalue weighted by molar-refractivity contribution is 5.35. The number of hydrogen-bond acceptors (Lipinski definition) is 5. The number of aliphatic hydroxyl groups is 1. The fraction of sp³-hybridized carbons (Fsp3) is 0.538. The largest absolute Gasteiger partial charge is 0.390 e. The quantitative estimate of drug-likeness (QED) is 0.572. The van der Waals surface area contributed by atoms with Gasteiger partial charge in [-0.15, -0.1) is 0 Å². The maximum absolute atomic E-state index is 10.7. The second-order valence-corrected chi connectivity index (χ2v) is 4.90. The average Bonchev–Trinajstić information content (AvgIpc) is 2.35. The molecule has 0 amide bonds. The van der Waals surface area contributed by atoms with Crippen LogP contribution in [0.15, 0.2) is 24.3 Å². The maximum Gasteiger partial charge on any atom is 0.269 e. The van der Waals surface area contributed by atoms with Crippen molar-refractivity contribution in [3.05, 3.63) is 39.9 Å². The standard InChI is InChI=1S/C13H21N3O3/c1-10(14-8-13(17)9-15(2)3)11-5-4-6-12(7-11)16(18)19/h4-7,10,13-14,17H,8-9H2,1-3H3. The lowest BCUT2D eigenvalue weighted by Crippen LogP contribution is -2.36. The van der Waals surface area contributed by atoms with Crippen LogP contribution in [-0.4, -0.2) is 48.2 Å². The normalized spacial score (nSPS) is 14.4. The summed E-state index contributed by atoms with van der Waals surface area (Å²) in [4.78, 5) is 12.2. The topological polar surface area (TPSA) is 78.6 Å². The predicted octanol–water partition coefficient (Wildman–Crippen LogP) is 1.17. The molecule has 2 unspecified atom stereocenters.